The zero-order chi connectivity index (χ0) is 18.4. The molecule has 0 spiro atoms. The molecule has 0 aliphatic heterocycles. The van der Waals surface area contributed by atoms with E-state index in [4.69, 9.17) is 26.2 Å². The molecule has 0 saturated heterocycles. The van der Waals surface area contributed by atoms with E-state index in [1.54, 1.807) is 22.9 Å². The Morgan fingerprint density at radius 3 is 2.77 bits per heavy atom. The van der Waals surface area contributed by atoms with Gasteiger partial charge in [0.05, 0.1) is 18.0 Å². The molecule has 1 heterocycles. The fourth-order valence-electron chi connectivity index (χ4n) is 2.48. The summed E-state index contributed by atoms with van der Waals surface area (Å²) in [7, 11) is 0. The second kappa shape index (κ2) is 8.51. The molecule has 0 atom stereocenters. The molecule has 0 unspecified atom stereocenters. The van der Waals surface area contributed by atoms with Crippen LogP contribution in [0, 0.1) is 0 Å². The van der Waals surface area contributed by atoms with Crippen molar-refractivity contribution in [1.82, 2.24) is 9.78 Å². The molecule has 134 valence electrons. The molecule has 6 nitrogen and oxygen atoms in total. The molecule has 0 radical (unpaired) electrons. The molecule has 26 heavy (non-hydrogen) atoms. The van der Waals surface area contributed by atoms with Crippen molar-refractivity contribution in [3.63, 3.8) is 0 Å². The van der Waals surface area contributed by atoms with Crippen LogP contribution in [0.1, 0.15) is 6.42 Å². The number of carbonyl (C=O) groups is 1. The van der Waals surface area contributed by atoms with Gasteiger partial charge in [-0.15, -0.1) is 5.10 Å². The highest BCUT2D eigenvalue weighted by Crippen LogP contribution is 2.30. The van der Waals surface area contributed by atoms with Crippen LogP contribution in [-0.2, 0) is 4.79 Å². The molecule has 0 aliphatic carbocycles. The SMILES string of the molecule is O=COc1cc(-c2cccc(OCCCO)c2)n(-c2cccc(Cl)c2)n1. The third-order valence-electron chi connectivity index (χ3n) is 3.61. The van der Waals surface area contributed by atoms with Crippen molar-refractivity contribution in [3.8, 4) is 28.6 Å². The molecule has 0 amide bonds. The van der Waals surface area contributed by atoms with Crippen molar-refractivity contribution in [2.24, 2.45) is 0 Å². The van der Waals surface area contributed by atoms with Gasteiger partial charge in [-0.2, -0.15) is 0 Å². The lowest BCUT2D eigenvalue weighted by molar-refractivity contribution is -0.120. The predicted octanol–water partition coefficient (Wildman–Crippen LogP) is 3.49. The van der Waals surface area contributed by atoms with Gasteiger partial charge in [-0.05, 0) is 30.3 Å². The number of aliphatic hydroxyl groups is 1. The molecule has 1 aromatic heterocycles. The van der Waals surface area contributed by atoms with E-state index in [0.29, 0.717) is 30.3 Å². The van der Waals surface area contributed by atoms with Crippen LogP contribution in [0.4, 0.5) is 0 Å². The van der Waals surface area contributed by atoms with Crippen molar-refractivity contribution < 1.29 is 19.4 Å². The number of aromatic nitrogens is 2. The molecule has 0 fully saturated rings. The van der Waals surface area contributed by atoms with Gasteiger partial charge in [-0.25, -0.2) is 4.68 Å². The summed E-state index contributed by atoms with van der Waals surface area (Å²) in [6.45, 7) is 0.837. The van der Waals surface area contributed by atoms with E-state index in [9.17, 15) is 4.79 Å². The number of aliphatic hydroxyl groups excluding tert-OH is 1. The summed E-state index contributed by atoms with van der Waals surface area (Å²) in [4.78, 5) is 10.7. The minimum atomic E-state index is 0.0770. The topological polar surface area (TPSA) is 73.6 Å². The number of carbonyl (C=O) groups excluding carboxylic acids is 1. The third kappa shape index (κ3) is 4.22. The van der Waals surface area contributed by atoms with Gasteiger partial charge in [0.1, 0.15) is 5.75 Å². The van der Waals surface area contributed by atoms with E-state index >= 15 is 0 Å². The Morgan fingerprint density at radius 1 is 1.15 bits per heavy atom. The number of nitrogens with zero attached hydrogens (tertiary/aromatic N) is 2. The van der Waals surface area contributed by atoms with Crippen molar-refractivity contribution >= 4 is 18.1 Å². The van der Waals surface area contributed by atoms with Crippen molar-refractivity contribution in [1.29, 1.82) is 0 Å². The second-order valence-corrected chi connectivity index (χ2v) is 5.86. The number of hydrogen-bond acceptors (Lipinski definition) is 5. The lowest BCUT2D eigenvalue weighted by Gasteiger charge is -2.10. The molecule has 0 saturated carbocycles. The third-order valence-corrected chi connectivity index (χ3v) is 3.84. The number of rotatable bonds is 8. The Balaban J connectivity index is 2.01. The first-order chi connectivity index (χ1) is 12.7. The largest absolute Gasteiger partial charge is 0.493 e. The highest BCUT2D eigenvalue weighted by Gasteiger charge is 2.14. The Hall–Kier alpha value is -2.83. The zero-order valence-corrected chi connectivity index (χ0v) is 14.6. The molecule has 3 aromatic rings. The van der Waals surface area contributed by atoms with E-state index < -0.39 is 0 Å². The standard InChI is InChI=1S/C19H17ClN2O4/c20-15-5-2-6-16(11-15)22-18(12-19(21-22)26-13-24)14-4-1-7-17(10-14)25-9-3-8-23/h1-2,4-7,10-13,23H,3,8-9H2. The summed E-state index contributed by atoms with van der Waals surface area (Å²) < 4.78 is 12.2. The van der Waals surface area contributed by atoms with Gasteiger partial charge in [0, 0.05) is 29.7 Å². The minimum Gasteiger partial charge on any atom is -0.493 e. The smallest absolute Gasteiger partial charge is 0.299 e. The molecule has 1 N–H and O–H groups in total. The monoisotopic (exact) mass is 372 g/mol. The van der Waals surface area contributed by atoms with E-state index in [1.165, 1.54) is 0 Å². The lowest BCUT2D eigenvalue weighted by atomic mass is 10.1. The van der Waals surface area contributed by atoms with Crippen LogP contribution in [-0.4, -0.2) is 34.6 Å². The number of ether oxygens (including phenoxy) is 2. The van der Waals surface area contributed by atoms with Gasteiger partial charge in [0.2, 0.25) is 5.88 Å². The molecule has 0 aliphatic rings. The van der Waals surface area contributed by atoms with Crippen LogP contribution < -0.4 is 9.47 Å². The van der Waals surface area contributed by atoms with E-state index in [-0.39, 0.29) is 12.5 Å². The maximum atomic E-state index is 10.7. The number of hydrogen-bond donors (Lipinski definition) is 1. The van der Waals surface area contributed by atoms with Gasteiger partial charge in [0.25, 0.3) is 6.47 Å². The van der Waals surface area contributed by atoms with Crippen LogP contribution in [0.3, 0.4) is 0 Å². The zero-order valence-electron chi connectivity index (χ0n) is 13.8. The number of halogens is 1. The van der Waals surface area contributed by atoms with Gasteiger partial charge in [-0.3, -0.25) is 4.79 Å². The summed E-state index contributed by atoms with van der Waals surface area (Å²) in [5.41, 5.74) is 2.29. The van der Waals surface area contributed by atoms with Crippen LogP contribution in [0.5, 0.6) is 11.6 Å². The van der Waals surface area contributed by atoms with Crippen molar-refractivity contribution in [2.75, 3.05) is 13.2 Å². The molecule has 3 rings (SSSR count). The maximum Gasteiger partial charge on any atom is 0.299 e. The Kier molecular flexibility index (Phi) is 5.88. The normalized spacial score (nSPS) is 10.5. The summed E-state index contributed by atoms with van der Waals surface area (Å²) in [6.07, 6.45) is 0.558. The van der Waals surface area contributed by atoms with Crippen LogP contribution in [0.15, 0.2) is 54.6 Å². The summed E-state index contributed by atoms with van der Waals surface area (Å²) in [6, 6.07) is 16.3. The van der Waals surface area contributed by atoms with Crippen LogP contribution in [0.2, 0.25) is 5.02 Å². The van der Waals surface area contributed by atoms with E-state index in [0.717, 1.165) is 16.9 Å². The molecule has 2 aromatic carbocycles. The van der Waals surface area contributed by atoms with Gasteiger partial charge in [0.15, 0.2) is 0 Å². The first-order valence-corrected chi connectivity index (χ1v) is 8.39. The van der Waals surface area contributed by atoms with Crippen molar-refractivity contribution in [2.45, 2.75) is 6.42 Å². The first kappa shape index (κ1) is 18.0. The van der Waals surface area contributed by atoms with Crippen LogP contribution >= 0.6 is 11.6 Å². The summed E-state index contributed by atoms with van der Waals surface area (Å²) in [5.74, 6) is 0.856. The Morgan fingerprint density at radius 2 is 2.00 bits per heavy atom. The fraction of sp³-hybridized carbons (Fsp3) is 0.158. The fourth-order valence-corrected chi connectivity index (χ4v) is 2.66. The predicted molar refractivity (Wildman–Crippen MR) is 97.9 cm³/mol. The average molecular weight is 373 g/mol. The number of benzene rings is 2. The van der Waals surface area contributed by atoms with E-state index in [1.807, 2.05) is 36.4 Å². The average Bonchev–Trinajstić information content (AvgIpc) is 3.07. The molecule has 0 bridgehead atoms. The van der Waals surface area contributed by atoms with Gasteiger partial charge < -0.3 is 14.6 Å². The molecular weight excluding hydrogens is 356 g/mol. The van der Waals surface area contributed by atoms with E-state index in [2.05, 4.69) is 5.10 Å². The quantitative estimate of drug-likeness (QED) is 0.484. The van der Waals surface area contributed by atoms with Crippen LogP contribution in [0.25, 0.3) is 16.9 Å². The molecule has 7 heteroatoms. The Bertz CT molecular complexity index is 895. The Labute approximate surface area is 155 Å². The van der Waals surface area contributed by atoms with Gasteiger partial charge >= 0.3 is 0 Å². The first-order valence-electron chi connectivity index (χ1n) is 8.01. The minimum absolute atomic E-state index is 0.0770. The second-order valence-electron chi connectivity index (χ2n) is 5.43. The highest BCUT2D eigenvalue weighted by molar-refractivity contribution is 6.30. The van der Waals surface area contributed by atoms with Crippen molar-refractivity contribution in [3.05, 3.63) is 59.6 Å². The summed E-state index contributed by atoms with van der Waals surface area (Å²) >= 11 is 6.09. The maximum absolute atomic E-state index is 10.7. The summed E-state index contributed by atoms with van der Waals surface area (Å²) in [5, 5.41) is 13.8. The highest BCUT2D eigenvalue weighted by atomic mass is 35.5. The van der Waals surface area contributed by atoms with Gasteiger partial charge in [-0.1, -0.05) is 29.8 Å². The lowest BCUT2D eigenvalue weighted by Crippen LogP contribution is -2.01. The molecular formula is C19H17ClN2O4.